The number of nitro benzene ring substituents is 1. The lowest BCUT2D eigenvalue weighted by Gasteiger charge is -2.28. The minimum atomic E-state index is -1.24. The molecule has 0 aliphatic carbocycles. The maximum Gasteiger partial charge on any atom is 0.407 e. The number of alkyl carbamates (subject to hydrolysis) is 1. The third kappa shape index (κ3) is 21.3. The van der Waals surface area contributed by atoms with Gasteiger partial charge in [0.05, 0.1) is 11.3 Å². The SMILES string of the molecule is CCCCCC[C@H](C)[C@H](CC(=O)OCc1ccc([N+](=O)[O-])cc1)OC(=O)[C@H](Cc1ccccc1)NC(=O)[C@H](C)NC(=O)[C@H](CC(C)C)NC(=O)[C@@H](NC(=O)CNC(=O)OCc1ccccc1)C(C)C. The number of unbranched alkanes of at least 4 members (excludes halogenated alkanes) is 3. The van der Waals surface area contributed by atoms with Crippen molar-refractivity contribution in [2.75, 3.05) is 6.54 Å². The number of nitro groups is 1. The number of rotatable bonds is 29. The molecule has 5 N–H and O–H groups in total. The lowest BCUT2D eigenvalue weighted by molar-refractivity contribution is -0.384. The van der Waals surface area contributed by atoms with Crippen LogP contribution in [0.25, 0.3) is 0 Å². The van der Waals surface area contributed by atoms with Crippen molar-refractivity contribution in [1.82, 2.24) is 26.6 Å². The summed E-state index contributed by atoms with van der Waals surface area (Å²) < 4.78 is 16.7. The van der Waals surface area contributed by atoms with Crippen LogP contribution in [0.1, 0.15) is 110 Å². The molecule has 3 rings (SSSR count). The van der Waals surface area contributed by atoms with Gasteiger partial charge < -0.3 is 40.8 Å². The molecule has 0 unspecified atom stereocenters. The molecule has 69 heavy (non-hydrogen) atoms. The molecule has 0 fully saturated rings. The predicted molar refractivity (Wildman–Crippen MR) is 258 cm³/mol. The fourth-order valence-corrected chi connectivity index (χ4v) is 7.14. The molecule has 376 valence electrons. The van der Waals surface area contributed by atoms with Gasteiger partial charge in [-0.05, 0) is 66.3 Å². The Morgan fingerprint density at radius 1 is 0.652 bits per heavy atom. The van der Waals surface area contributed by atoms with Crippen LogP contribution in [0.4, 0.5) is 10.5 Å². The summed E-state index contributed by atoms with van der Waals surface area (Å²) in [4.78, 5) is 104. The van der Waals surface area contributed by atoms with E-state index in [-0.39, 0.29) is 50.0 Å². The molecule has 3 aromatic rings. The molecule has 5 amide bonds. The molecule has 6 atom stereocenters. The van der Waals surface area contributed by atoms with Gasteiger partial charge in [-0.3, -0.25) is 34.1 Å². The molecule has 0 saturated carbocycles. The Kier molecular flexibility index (Phi) is 24.4. The van der Waals surface area contributed by atoms with Gasteiger partial charge in [-0.15, -0.1) is 0 Å². The fraction of sp³-hybridized carbons (Fsp3) is 0.510. The highest BCUT2D eigenvalue weighted by atomic mass is 16.6. The monoisotopic (exact) mass is 959 g/mol. The largest absolute Gasteiger partial charge is 0.461 e. The normalized spacial score (nSPS) is 13.6. The van der Waals surface area contributed by atoms with Crippen molar-refractivity contribution in [1.29, 1.82) is 0 Å². The van der Waals surface area contributed by atoms with E-state index >= 15 is 0 Å². The summed E-state index contributed by atoms with van der Waals surface area (Å²) in [5, 5.41) is 24.2. The van der Waals surface area contributed by atoms with E-state index < -0.39 is 89.3 Å². The molecular formula is C51H70N6O12. The van der Waals surface area contributed by atoms with Crippen molar-refractivity contribution in [3.8, 4) is 0 Å². The highest BCUT2D eigenvalue weighted by Crippen LogP contribution is 2.22. The fourth-order valence-electron chi connectivity index (χ4n) is 7.14. The number of ether oxygens (including phenoxy) is 3. The number of hydrogen-bond acceptors (Lipinski definition) is 12. The van der Waals surface area contributed by atoms with Gasteiger partial charge in [-0.2, -0.15) is 0 Å². The van der Waals surface area contributed by atoms with Gasteiger partial charge in [0.1, 0.15) is 50.0 Å². The Hall–Kier alpha value is -6.85. The zero-order valence-corrected chi connectivity index (χ0v) is 40.8. The first-order valence-electron chi connectivity index (χ1n) is 23.6. The predicted octanol–water partition coefficient (Wildman–Crippen LogP) is 6.38. The topological polar surface area (TPSA) is 250 Å². The minimum absolute atomic E-state index is 0.00185. The smallest absolute Gasteiger partial charge is 0.407 e. The second-order valence-corrected chi connectivity index (χ2v) is 18.0. The average Bonchev–Trinajstić information content (AvgIpc) is 3.32. The van der Waals surface area contributed by atoms with Gasteiger partial charge in [-0.25, -0.2) is 9.59 Å². The van der Waals surface area contributed by atoms with Crippen molar-refractivity contribution < 1.29 is 52.7 Å². The van der Waals surface area contributed by atoms with Crippen LogP contribution in [-0.2, 0) is 62.6 Å². The summed E-state index contributed by atoms with van der Waals surface area (Å²) in [6.07, 6.45) is 2.64. The number of esters is 2. The van der Waals surface area contributed by atoms with Crippen LogP contribution < -0.4 is 26.6 Å². The number of non-ortho nitro benzene ring substituents is 1. The van der Waals surface area contributed by atoms with Gasteiger partial charge in [0.15, 0.2) is 0 Å². The van der Waals surface area contributed by atoms with Gasteiger partial charge in [0.25, 0.3) is 5.69 Å². The van der Waals surface area contributed by atoms with Gasteiger partial charge in [0, 0.05) is 18.6 Å². The van der Waals surface area contributed by atoms with Crippen LogP contribution in [0, 0.1) is 27.9 Å². The summed E-state index contributed by atoms with van der Waals surface area (Å²) in [6, 6.07) is 18.9. The zero-order valence-electron chi connectivity index (χ0n) is 40.8. The second kappa shape index (κ2) is 29.8. The maximum absolute atomic E-state index is 14.1. The van der Waals surface area contributed by atoms with Crippen molar-refractivity contribution in [3.63, 3.8) is 0 Å². The highest BCUT2D eigenvalue weighted by Gasteiger charge is 2.34. The first-order chi connectivity index (χ1) is 32.9. The molecule has 0 radical (unpaired) electrons. The number of carbonyl (C=O) groups is 7. The van der Waals surface area contributed by atoms with Crippen molar-refractivity contribution in [2.45, 2.75) is 143 Å². The zero-order chi connectivity index (χ0) is 50.9. The summed E-state index contributed by atoms with van der Waals surface area (Å²) in [5.41, 5.74) is 1.90. The van der Waals surface area contributed by atoms with E-state index in [1.54, 1.807) is 68.4 Å². The molecule has 0 bridgehead atoms. The van der Waals surface area contributed by atoms with E-state index in [4.69, 9.17) is 14.2 Å². The first kappa shape index (κ1) is 56.5. The summed E-state index contributed by atoms with van der Waals surface area (Å²) in [6.45, 7) is 11.9. The van der Waals surface area contributed by atoms with Crippen LogP contribution in [0.5, 0.6) is 0 Å². The minimum Gasteiger partial charge on any atom is -0.461 e. The lowest BCUT2D eigenvalue weighted by Crippen LogP contribution is -2.58. The van der Waals surface area contributed by atoms with Crippen LogP contribution in [0.2, 0.25) is 0 Å². The first-order valence-corrected chi connectivity index (χ1v) is 23.6. The Morgan fingerprint density at radius 3 is 1.84 bits per heavy atom. The molecule has 0 spiro atoms. The van der Waals surface area contributed by atoms with Crippen LogP contribution >= 0.6 is 0 Å². The number of carbonyl (C=O) groups excluding carboxylic acids is 7. The molecule has 18 nitrogen and oxygen atoms in total. The third-order valence-corrected chi connectivity index (χ3v) is 11.2. The van der Waals surface area contributed by atoms with Crippen LogP contribution in [0.15, 0.2) is 84.9 Å². The van der Waals surface area contributed by atoms with Crippen molar-refractivity contribution in [2.24, 2.45) is 17.8 Å². The summed E-state index contributed by atoms with van der Waals surface area (Å²) in [5.74, 6) is -4.95. The average molecular weight is 959 g/mol. The second-order valence-electron chi connectivity index (χ2n) is 18.0. The molecule has 3 aromatic carbocycles. The number of amides is 5. The van der Waals surface area contributed by atoms with Gasteiger partial charge >= 0.3 is 18.0 Å². The van der Waals surface area contributed by atoms with E-state index in [1.165, 1.54) is 31.2 Å². The summed E-state index contributed by atoms with van der Waals surface area (Å²) in [7, 11) is 0. The van der Waals surface area contributed by atoms with E-state index in [2.05, 4.69) is 33.5 Å². The molecule has 0 aliphatic rings. The Labute approximate surface area is 404 Å². The Bertz CT molecular complexity index is 2120. The Balaban J connectivity index is 1.70. The number of benzene rings is 3. The molecule has 18 heteroatoms. The van der Waals surface area contributed by atoms with E-state index in [1.807, 2.05) is 26.8 Å². The van der Waals surface area contributed by atoms with E-state index in [0.29, 0.717) is 17.5 Å². The maximum atomic E-state index is 14.1. The highest BCUT2D eigenvalue weighted by molar-refractivity contribution is 5.95. The van der Waals surface area contributed by atoms with Crippen LogP contribution in [-0.4, -0.2) is 83.4 Å². The molecule has 0 aliphatic heterocycles. The van der Waals surface area contributed by atoms with Gasteiger partial charge in [0.2, 0.25) is 23.6 Å². The molecule has 0 aromatic heterocycles. The Morgan fingerprint density at radius 2 is 1.25 bits per heavy atom. The van der Waals surface area contributed by atoms with Crippen molar-refractivity contribution >= 4 is 47.3 Å². The third-order valence-electron chi connectivity index (χ3n) is 11.2. The molecular weight excluding hydrogens is 889 g/mol. The summed E-state index contributed by atoms with van der Waals surface area (Å²) >= 11 is 0. The molecule has 0 heterocycles. The van der Waals surface area contributed by atoms with Crippen LogP contribution in [0.3, 0.4) is 0 Å². The molecule has 0 saturated heterocycles. The van der Waals surface area contributed by atoms with E-state index in [0.717, 1.165) is 31.2 Å². The number of nitrogens with zero attached hydrogens (tertiary/aromatic N) is 1. The lowest BCUT2D eigenvalue weighted by atomic mass is 9.94. The number of nitrogens with one attached hydrogen (secondary N) is 5. The standard InChI is InChI=1S/C51H70N6O12/c1-8-9-10-13-18-35(6)43(29-45(59)67-31-39-23-25-40(26-24-39)57(65)66)69-50(63)42(28-37-19-14-11-15-20-37)55-47(60)36(7)53-48(61)41(27-33(2)3)54-49(62)46(34(4)5)56-44(58)30-52-51(64)68-32-38-21-16-12-17-22-38/h11-12,14-17,19-26,33-36,41-43,46H,8-10,13,18,27-32H2,1-7H3,(H,52,64)(H,53,61)(H,54,62)(H,55,60)(H,56,58)/t35-,36-,41-,42-,43-,46-/m0/s1. The quantitative estimate of drug-likeness (QED) is 0.0167. The van der Waals surface area contributed by atoms with Crippen molar-refractivity contribution in [3.05, 3.63) is 112 Å². The van der Waals surface area contributed by atoms with Gasteiger partial charge in [-0.1, -0.05) is 128 Å². The van der Waals surface area contributed by atoms with E-state index in [9.17, 15) is 43.7 Å². The number of hydrogen-bond donors (Lipinski definition) is 5.